The zero-order chi connectivity index (χ0) is 17.5. The third-order valence-electron chi connectivity index (χ3n) is 4.12. The Balaban J connectivity index is 1.79. The van der Waals surface area contributed by atoms with Gasteiger partial charge in [-0.15, -0.1) is 0 Å². The standard InChI is InChI=1S/C21H24N4/c1-17(2)18-9-12-24-21(13-18)16-25(14-19-7-3-5-10-22-19)15-20-8-4-6-11-23-20/h3-13,17H,14-16H2,1-2H3. The van der Waals surface area contributed by atoms with Crippen molar-refractivity contribution in [3.63, 3.8) is 0 Å². The Morgan fingerprint density at radius 2 is 1.28 bits per heavy atom. The van der Waals surface area contributed by atoms with E-state index in [1.165, 1.54) is 5.56 Å². The van der Waals surface area contributed by atoms with Crippen LogP contribution in [-0.2, 0) is 19.6 Å². The summed E-state index contributed by atoms with van der Waals surface area (Å²) in [5.74, 6) is 0.502. The van der Waals surface area contributed by atoms with Crippen LogP contribution in [0.3, 0.4) is 0 Å². The predicted molar refractivity (Wildman–Crippen MR) is 99.8 cm³/mol. The minimum Gasteiger partial charge on any atom is -0.286 e. The largest absolute Gasteiger partial charge is 0.286 e. The third kappa shape index (κ3) is 5.19. The first-order chi connectivity index (χ1) is 12.2. The summed E-state index contributed by atoms with van der Waals surface area (Å²) in [6.45, 7) is 6.72. The molecule has 0 aliphatic rings. The van der Waals surface area contributed by atoms with Gasteiger partial charge < -0.3 is 0 Å². The van der Waals surface area contributed by atoms with E-state index >= 15 is 0 Å². The van der Waals surface area contributed by atoms with Crippen LogP contribution in [0.2, 0.25) is 0 Å². The Bertz CT molecular complexity index is 731. The zero-order valence-corrected chi connectivity index (χ0v) is 14.8. The molecule has 0 fully saturated rings. The highest BCUT2D eigenvalue weighted by Gasteiger charge is 2.11. The normalized spacial score (nSPS) is 11.2. The van der Waals surface area contributed by atoms with Gasteiger partial charge in [0.05, 0.1) is 17.1 Å². The van der Waals surface area contributed by atoms with Gasteiger partial charge in [0.2, 0.25) is 0 Å². The average molecular weight is 332 g/mol. The van der Waals surface area contributed by atoms with E-state index < -0.39 is 0 Å². The number of hydrogen-bond donors (Lipinski definition) is 0. The highest BCUT2D eigenvalue weighted by Crippen LogP contribution is 2.16. The Hall–Kier alpha value is -2.59. The van der Waals surface area contributed by atoms with Gasteiger partial charge in [-0.2, -0.15) is 0 Å². The van der Waals surface area contributed by atoms with Gasteiger partial charge >= 0.3 is 0 Å². The fraction of sp³-hybridized carbons (Fsp3) is 0.286. The van der Waals surface area contributed by atoms with Crippen LogP contribution in [0, 0.1) is 0 Å². The van der Waals surface area contributed by atoms with E-state index in [9.17, 15) is 0 Å². The van der Waals surface area contributed by atoms with E-state index in [-0.39, 0.29) is 0 Å². The van der Waals surface area contributed by atoms with Crippen LogP contribution in [-0.4, -0.2) is 19.9 Å². The van der Waals surface area contributed by atoms with E-state index in [1.54, 1.807) is 0 Å². The molecule has 0 saturated heterocycles. The summed E-state index contributed by atoms with van der Waals surface area (Å²) in [6.07, 6.45) is 5.59. The molecule has 25 heavy (non-hydrogen) atoms. The molecule has 4 nitrogen and oxygen atoms in total. The molecule has 0 unspecified atom stereocenters. The van der Waals surface area contributed by atoms with Gasteiger partial charge in [-0.3, -0.25) is 19.9 Å². The van der Waals surface area contributed by atoms with Crippen LogP contribution in [0.5, 0.6) is 0 Å². The molecule has 0 bridgehead atoms. The summed E-state index contributed by atoms with van der Waals surface area (Å²) in [7, 11) is 0. The topological polar surface area (TPSA) is 41.9 Å². The molecule has 0 atom stereocenters. The third-order valence-corrected chi connectivity index (χ3v) is 4.12. The van der Waals surface area contributed by atoms with E-state index in [4.69, 9.17) is 0 Å². The van der Waals surface area contributed by atoms with Crippen molar-refractivity contribution >= 4 is 0 Å². The molecule has 0 saturated carbocycles. The van der Waals surface area contributed by atoms with Crippen molar-refractivity contribution in [2.24, 2.45) is 0 Å². The predicted octanol–water partition coefficient (Wildman–Crippen LogP) is 4.20. The van der Waals surface area contributed by atoms with Crippen LogP contribution in [0.25, 0.3) is 0 Å². The molecule has 128 valence electrons. The summed E-state index contributed by atoms with van der Waals surface area (Å²) in [4.78, 5) is 15.8. The molecule has 0 amide bonds. The Morgan fingerprint density at radius 3 is 1.80 bits per heavy atom. The van der Waals surface area contributed by atoms with Crippen molar-refractivity contribution in [2.45, 2.75) is 39.4 Å². The molecular formula is C21H24N4. The Labute approximate surface area is 149 Å². The van der Waals surface area contributed by atoms with Crippen molar-refractivity contribution in [1.82, 2.24) is 19.9 Å². The highest BCUT2D eigenvalue weighted by atomic mass is 15.1. The summed E-state index contributed by atoms with van der Waals surface area (Å²) < 4.78 is 0. The smallest absolute Gasteiger partial charge is 0.0547 e. The van der Waals surface area contributed by atoms with Crippen LogP contribution in [0.15, 0.2) is 67.1 Å². The Morgan fingerprint density at radius 1 is 0.720 bits per heavy atom. The molecule has 3 rings (SSSR count). The molecule has 3 aromatic rings. The molecular weight excluding hydrogens is 308 g/mol. The van der Waals surface area contributed by atoms with Crippen molar-refractivity contribution in [3.8, 4) is 0 Å². The zero-order valence-electron chi connectivity index (χ0n) is 14.8. The molecule has 3 aromatic heterocycles. The number of hydrogen-bond acceptors (Lipinski definition) is 4. The molecule has 3 heterocycles. The summed E-state index contributed by atoms with van der Waals surface area (Å²) >= 11 is 0. The fourth-order valence-electron chi connectivity index (χ4n) is 2.78. The number of rotatable bonds is 7. The second-order valence-electron chi connectivity index (χ2n) is 6.52. The lowest BCUT2D eigenvalue weighted by Gasteiger charge is -2.21. The van der Waals surface area contributed by atoms with Crippen molar-refractivity contribution in [1.29, 1.82) is 0 Å². The van der Waals surface area contributed by atoms with Gasteiger partial charge in [-0.05, 0) is 47.9 Å². The average Bonchev–Trinajstić information content (AvgIpc) is 2.63. The van der Waals surface area contributed by atoms with Crippen LogP contribution in [0.4, 0.5) is 0 Å². The minimum atomic E-state index is 0.502. The van der Waals surface area contributed by atoms with Crippen LogP contribution < -0.4 is 0 Å². The first-order valence-corrected chi connectivity index (χ1v) is 8.67. The molecule has 0 N–H and O–H groups in total. The monoisotopic (exact) mass is 332 g/mol. The second kappa shape index (κ2) is 8.49. The fourth-order valence-corrected chi connectivity index (χ4v) is 2.78. The van der Waals surface area contributed by atoms with Gasteiger partial charge in [-0.1, -0.05) is 26.0 Å². The molecule has 0 radical (unpaired) electrons. The first-order valence-electron chi connectivity index (χ1n) is 8.67. The van der Waals surface area contributed by atoms with Gasteiger partial charge in [0.15, 0.2) is 0 Å². The summed E-state index contributed by atoms with van der Waals surface area (Å²) in [6, 6.07) is 16.4. The van der Waals surface area contributed by atoms with E-state index in [0.29, 0.717) is 5.92 Å². The summed E-state index contributed by atoms with van der Waals surface area (Å²) in [5, 5.41) is 0. The van der Waals surface area contributed by atoms with Crippen molar-refractivity contribution in [2.75, 3.05) is 0 Å². The minimum absolute atomic E-state index is 0.502. The summed E-state index contributed by atoms with van der Waals surface area (Å²) in [5.41, 5.74) is 4.51. The molecule has 0 aliphatic carbocycles. The van der Waals surface area contributed by atoms with Gasteiger partial charge in [0, 0.05) is 38.2 Å². The Kier molecular flexibility index (Phi) is 5.86. The lowest BCUT2D eigenvalue weighted by molar-refractivity contribution is 0.238. The van der Waals surface area contributed by atoms with Gasteiger partial charge in [0.1, 0.15) is 0 Å². The highest BCUT2D eigenvalue weighted by molar-refractivity contribution is 5.19. The lowest BCUT2D eigenvalue weighted by Crippen LogP contribution is -2.24. The quantitative estimate of drug-likeness (QED) is 0.650. The maximum atomic E-state index is 4.56. The van der Waals surface area contributed by atoms with E-state index in [1.807, 2.05) is 42.9 Å². The van der Waals surface area contributed by atoms with E-state index in [2.05, 4.69) is 58.0 Å². The van der Waals surface area contributed by atoms with Gasteiger partial charge in [-0.25, -0.2) is 0 Å². The van der Waals surface area contributed by atoms with E-state index in [0.717, 1.165) is 36.7 Å². The van der Waals surface area contributed by atoms with Crippen molar-refractivity contribution in [3.05, 3.63) is 89.8 Å². The SMILES string of the molecule is CC(C)c1ccnc(CN(Cc2ccccn2)Cc2ccccn2)c1. The molecule has 0 aromatic carbocycles. The first kappa shape index (κ1) is 17.2. The number of aromatic nitrogens is 3. The van der Waals surface area contributed by atoms with Crippen LogP contribution >= 0.6 is 0 Å². The number of pyridine rings is 3. The number of nitrogens with zero attached hydrogens (tertiary/aromatic N) is 4. The molecule has 4 heteroatoms. The maximum Gasteiger partial charge on any atom is 0.0547 e. The maximum absolute atomic E-state index is 4.56. The second-order valence-corrected chi connectivity index (χ2v) is 6.52. The molecule has 0 spiro atoms. The molecule has 0 aliphatic heterocycles. The van der Waals surface area contributed by atoms with Gasteiger partial charge in [0.25, 0.3) is 0 Å². The van der Waals surface area contributed by atoms with Crippen LogP contribution in [0.1, 0.15) is 42.4 Å². The lowest BCUT2D eigenvalue weighted by atomic mass is 10.0. The van der Waals surface area contributed by atoms with Crippen molar-refractivity contribution < 1.29 is 0 Å².